The lowest BCUT2D eigenvalue weighted by atomic mass is 9.90. The quantitative estimate of drug-likeness (QED) is 0.574. The second kappa shape index (κ2) is 8.24. The van der Waals surface area contributed by atoms with Gasteiger partial charge in [0.1, 0.15) is 10.6 Å². The van der Waals surface area contributed by atoms with Gasteiger partial charge in [0.2, 0.25) is 15.7 Å². The maximum atomic E-state index is 13.3. The minimum absolute atomic E-state index is 0.0139. The molecule has 4 rings (SSSR count). The van der Waals surface area contributed by atoms with Gasteiger partial charge in [-0.25, -0.2) is 8.42 Å². The molecule has 0 aliphatic carbocycles. The van der Waals surface area contributed by atoms with Crippen molar-refractivity contribution in [2.24, 2.45) is 0 Å². The maximum Gasteiger partial charge on any atom is 0.225 e. The van der Waals surface area contributed by atoms with Crippen LogP contribution in [0.5, 0.6) is 17.2 Å². The van der Waals surface area contributed by atoms with Crippen LogP contribution in [0.1, 0.15) is 29.7 Å². The molecule has 0 spiro atoms. The first-order valence-electron chi connectivity index (χ1n) is 9.61. The van der Waals surface area contributed by atoms with Crippen LogP contribution in [0.25, 0.3) is 0 Å². The van der Waals surface area contributed by atoms with E-state index < -0.39 is 9.84 Å². The fourth-order valence-corrected chi connectivity index (χ4v) is 6.48. The molecule has 2 heterocycles. The number of carbonyl (C=O) groups excluding carboxylic acids is 1. The van der Waals surface area contributed by atoms with Gasteiger partial charge in [0.15, 0.2) is 11.5 Å². The van der Waals surface area contributed by atoms with E-state index in [1.54, 1.807) is 29.6 Å². The number of hydrogen-bond acceptors (Lipinski definition) is 7. The molecule has 2 N–H and O–H groups in total. The van der Waals surface area contributed by atoms with Gasteiger partial charge in [-0.05, 0) is 48.9 Å². The summed E-state index contributed by atoms with van der Waals surface area (Å²) >= 11 is 1.29. The van der Waals surface area contributed by atoms with Crippen molar-refractivity contribution >= 4 is 32.8 Å². The van der Waals surface area contributed by atoms with Crippen molar-refractivity contribution in [1.82, 2.24) is 0 Å². The van der Waals surface area contributed by atoms with E-state index in [1.807, 2.05) is 6.92 Å². The fraction of sp³-hybridized carbons (Fsp3) is 0.227. The summed E-state index contributed by atoms with van der Waals surface area (Å²) in [6.45, 7) is 2.20. The van der Waals surface area contributed by atoms with Gasteiger partial charge in [-0.15, -0.1) is 11.3 Å². The van der Waals surface area contributed by atoms with Crippen molar-refractivity contribution < 1.29 is 27.8 Å². The van der Waals surface area contributed by atoms with Crippen LogP contribution < -0.4 is 14.8 Å². The number of fused-ring (bicyclic) bond motifs is 1. The van der Waals surface area contributed by atoms with Gasteiger partial charge in [0, 0.05) is 22.6 Å². The summed E-state index contributed by atoms with van der Waals surface area (Å²) in [4.78, 5) is 13.4. The van der Waals surface area contributed by atoms with Crippen LogP contribution in [0.2, 0.25) is 0 Å². The zero-order chi connectivity index (χ0) is 22.2. The third-order valence-electron chi connectivity index (χ3n) is 5.10. The number of nitrogens with one attached hydrogen (secondary N) is 1. The van der Waals surface area contributed by atoms with Crippen LogP contribution in [0.3, 0.4) is 0 Å². The zero-order valence-electron chi connectivity index (χ0n) is 16.9. The first kappa shape index (κ1) is 21.2. The van der Waals surface area contributed by atoms with Crippen molar-refractivity contribution in [2.75, 3.05) is 19.0 Å². The Labute approximate surface area is 184 Å². The number of sulfone groups is 1. The van der Waals surface area contributed by atoms with Gasteiger partial charge in [-0.2, -0.15) is 0 Å². The Balaban J connectivity index is 1.77. The summed E-state index contributed by atoms with van der Waals surface area (Å²) in [7, 11) is -2.33. The number of carbonyl (C=O) groups is 1. The molecule has 1 aliphatic rings. The molecule has 7 nitrogen and oxygen atoms in total. The summed E-state index contributed by atoms with van der Waals surface area (Å²) in [5, 5.41) is 14.3. The van der Waals surface area contributed by atoms with E-state index in [0.29, 0.717) is 23.8 Å². The number of ether oxygens (including phenoxy) is 2. The van der Waals surface area contributed by atoms with Crippen LogP contribution >= 0.6 is 11.3 Å². The molecule has 0 saturated heterocycles. The Morgan fingerprint density at radius 2 is 1.94 bits per heavy atom. The fourth-order valence-electron chi connectivity index (χ4n) is 3.57. The highest BCUT2D eigenvalue weighted by Crippen LogP contribution is 2.47. The van der Waals surface area contributed by atoms with Gasteiger partial charge in [0.25, 0.3) is 0 Å². The van der Waals surface area contributed by atoms with Crippen LogP contribution in [-0.4, -0.2) is 33.1 Å². The number of amides is 1. The molecule has 9 heteroatoms. The average molecular weight is 460 g/mol. The van der Waals surface area contributed by atoms with E-state index in [2.05, 4.69) is 5.32 Å². The van der Waals surface area contributed by atoms with E-state index in [-0.39, 0.29) is 33.8 Å². The summed E-state index contributed by atoms with van der Waals surface area (Å²) in [5.41, 5.74) is 1.08. The lowest BCUT2D eigenvalue weighted by Gasteiger charge is -2.24. The summed E-state index contributed by atoms with van der Waals surface area (Å²) in [6.07, 6.45) is 0.172. The lowest BCUT2D eigenvalue weighted by Crippen LogP contribution is -2.23. The number of phenolic OH excluding ortho intramolecular Hbond substituents is 1. The summed E-state index contributed by atoms with van der Waals surface area (Å²) in [6, 6.07) is 11.1. The molecule has 1 aliphatic heterocycles. The maximum absolute atomic E-state index is 13.3. The number of methoxy groups -OCH3 is 1. The SMILES string of the molecule is CCOc1cc(C2CC(=O)Nc3c(S(=O)(=O)c4ccc(OC)cc4)csc32)ccc1O. The van der Waals surface area contributed by atoms with E-state index in [9.17, 15) is 18.3 Å². The molecule has 0 bridgehead atoms. The van der Waals surface area contributed by atoms with Crippen molar-refractivity contribution in [1.29, 1.82) is 0 Å². The van der Waals surface area contributed by atoms with Crippen molar-refractivity contribution in [3.05, 3.63) is 58.3 Å². The van der Waals surface area contributed by atoms with Crippen molar-refractivity contribution in [2.45, 2.75) is 29.1 Å². The normalized spacial score (nSPS) is 15.8. The van der Waals surface area contributed by atoms with Gasteiger partial charge >= 0.3 is 0 Å². The van der Waals surface area contributed by atoms with Crippen LogP contribution in [-0.2, 0) is 14.6 Å². The van der Waals surface area contributed by atoms with Gasteiger partial charge < -0.3 is 19.9 Å². The smallest absolute Gasteiger partial charge is 0.225 e. The van der Waals surface area contributed by atoms with Gasteiger partial charge in [-0.3, -0.25) is 4.79 Å². The minimum Gasteiger partial charge on any atom is -0.504 e. The predicted octanol–water partition coefficient (Wildman–Crippen LogP) is 4.17. The number of rotatable bonds is 6. The van der Waals surface area contributed by atoms with E-state index >= 15 is 0 Å². The second-order valence-electron chi connectivity index (χ2n) is 6.98. The number of aromatic hydroxyl groups is 1. The molecular formula is C22H21NO6S2. The third kappa shape index (κ3) is 3.86. The number of thiophene rings is 1. The average Bonchev–Trinajstić information content (AvgIpc) is 3.19. The topological polar surface area (TPSA) is 102 Å². The standard InChI is InChI=1S/C22H21NO6S2/c1-3-29-18-10-13(4-9-17(18)24)16-11-20(25)23-21-19(12-30-22(16)21)31(26,27)15-7-5-14(28-2)6-8-15/h4-10,12,16,24H,3,11H2,1-2H3,(H,23,25). The molecule has 0 radical (unpaired) electrons. The Bertz CT molecular complexity index is 1230. The molecule has 162 valence electrons. The molecule has 0 saturated carbocycles. The first-order chi connectivity index (χ1) is 14.8. The molecule has 1 amide bonds. The monoisotopic (exact) mass is 459 g/mol. The number of hydrogen-bond donors (Lipinski definition) is 2. The highest BCUT2D eigenvalue weighted by Gasteiger charge is 2.34. The summed E-state index contributed by atoms with van der Waals surface area (Å²) in [5.74, 6) is 0.286. The van der Waals surface area contributed by atoms with Crippen LogP contribution in [0.4, 0.5) is 5.69 Å². The molecule has 0 fully saturated rings. The molecule has 2 aromatic carbocycles. The highest BCUT2D eigenvalue weighted by atomic mass is 32.2. The predicted molar refractivity (Wildman–Crippen MR) is 117 cm³/mol. The number of phenols is 1. The van der Waals surface area contributed by atoms with Crippen LogP contribution in [0.15, 0.2) is 57.6 Å². The van der Waals surface area contributed by atoms with Gasteiger partial charge in [-0.1, -0.05) is 6.07 Å². The van der Waals surface area contributed by atoms with Crippen molar-refractivity contribution in [3.8, 4) is 17.2 Å². The Kier molecular flexibility index (Phi) is 5.63. The lowest BCUT2D eigenvalue weighted by molar-refractivity contribution is -0.116. The highest BCUT2D eigenvalue weighted by molar-refractivity contribution is 7.91. The zero-order valence-corrected chi connectivity index (χ0v) is 18.5. The first-order valence-corrected chi connectivity index (χ1v) is 12.0. The summed E-state index contributed by atoms with van der Waals surface area (Å²) < 4.78 is 37.1. The van der Waals surface area contributed by atoms with Crippen LogP contribution in [0, 0.1) is 0 Å². The molecule has 1 atom stereocenters. The molecule has 3 aromatic rings. The molecule has 1 unspecified atom stereocenters. The molecule has 1 aromatic heterocycles. The molecular weight excluding hydrogens is 438 g/mol. The minimum atomic E-state index is -3.84. The Morgan fingerprint density at radius 3 is 2.61 bits per heavy atom. The Morgan fingerprint density at radius 1 is 1.19 bits per heavy atom. The van der Waals surface area contributed by atoms with E-state index in [0.717, 1.165) is 10.4 Å². The Hall–Kier alpha value is -3.04. The second-order valence-corrected chi connectivity index (χ2v) is 9.81. The third-order valence-corrected chi connectivity index (χ3v) is 8.14. The molecule has 31 heavy (non-hydrogen) atoms. The van der Waals surface area contributed by atoms with E-state index in [1.165, 1.54) is 36.6 Å². The largest absolute Gasteiger partial charge is 0.504 e. The van der Waals surface area contributed by atoms with Gasteiger partial charge in [0.05, 0.1) is 24.3 Å². The van der Waals surface area contributed by atoms with Crippen molar-refractivity contribution in [3.63, 3.8) is 0 Å². The number of anilines is 1. The number of benzene rings is 2. The van der Waals surface area contributed by atoms with E-state index in [4.69, 9.17) is 9.47 Å².